The summed E-state index contributed by atoms with van der Waals surface area (Å²) in [5.41, 5.74) is -6.84. The molecule has 0 N–H and O–H groups in total. The first kappa shape index (κ1) is 31.6. The SMILES string of the molecule is O=S(=O)(c1ccc(F)cc1)C1(c2ccc(C(OCc3ccc(-c4ncon4)cc3F)(C(F)(F)F)C(F)(F)F)cc2)CCCC1. The summed E-state index contributed by atoms with van der Waals surface area (Å²) in [6.45, 7) is -1.43. The van der Waals surface area contributed by atoms with Crippen LogP contribution in [0.2, 0.25) is 0 Å². The largest absolute Gasteiger partial charge is 0.430 e. The van der Waals surface area contributed by atoms with E-state index in [1.54, 1.807) is 0 Å². The average Bonchev–Trinajstić information content (AvgIpc) is 3.67. The van der Waals surface area contributed by atoms with E-state index >= 15 is 0 Å². The average molecular weight is 647 g/mol. The van der Waals surface area contributed by atoms with Gasteiger partial charge in [-0.1, -0.05) is 54.4 Å². The van der Waals surface area contributed by atoms with Crippen LogP contribution in [0.4, 0.5) is 35.1 Å². The van der Waals surface area contributed by atoms with Gasteiger partial charge in [-0.05, 0) is 48.7 Å². The van der Waals surface area contributed by atoms with Gasteiger partial charge in [0.05, 0.1) is 11.5 Å². The molecular formula is C29H22F8N2O4S. The number of halogens is 8. The number of nitrogens with zero attached hydrogens (tertiary/aromatic N) is 2. The lowest BCUT2D eigenvalue weighted by molar-refractivity contribution is -0.392. The zero-order valence-electron chi connectivity index (χ0n) is 22.4. The summed E-state index contributed by atoms with van der Waals surface area (Å²) < 4.78 is 150. The highest BCUT2D eigenvalue weighted by Gasteiger charge is 2.73. The zero-order chi connectivity index (χ0) is 32.0. The lowest BCUT2D eigenvalue weighted by Crippen LogP contribution is -2.55. The first-order chi connectivity index (χ1) is 20.6. The molecule has 0 amide bonds. The van der Waals surface area contributed by atoms with Crippen LogP contribution in [0.25, 0.3) is 11.4 Å². The van der Waals surface area contributed by atoms with E-state index in [-0.39, 0.29) is 34.7 Å². The number of alkyl halides is 6. The summed E-state index contributed by atoms with van der Waals surface area (Å²) in [4.78, 5) is 3.46. The fourth-order valence-corrected chi connectivity index (χ4v) is 7.75. The predicted molar refractivity (Wildman–Crippen MR) is 138 cm³/mol. The Morgan fingerprint density at radius 2 is 1.45 bits per heavy atom. The Balaban J connectivity index is 1.53. The van der Waals surface area contributed by atoms with E-state index in [9.17, 15) is 43.5 Å². The van der Waals surface area contributed by atoms with Crippen LogP contribution in [-0.2, 0) is 31.5 Å². The van der Waals surface area contributed by atoms with Gasteiger partial charge in [0.25, 0.3) is 5.60 Å². The molecule has 1 heterocycles. The summed E-state index contributed by atoms with van der Waals surface area (Å²) >= 11 is 0. The van der Waals surface area contributed by atoms with Crippen molar-refractivity contribution in [2.24, 2.45) is 0 Å². The minimum Gasteiger partial charge on any atom is -0.349 e. The Bertz CT molecular complexity index is 1700. The third kappa shape index (κ3) is 5.25. The maximum Gasteiger partial charge on any atom is 0.430 e. The van der Waals surface area contributed by atoms with Crippen molar-refractivity contribution in [3.05, 3.63) is 101 Å². The molecule has 1 aromatic heterocycles. The van der Waals surface area contributed by atoms with Crippen molar-refractivity contribution in [1.29, 1.82) is 0 Å². The third-order valence-electron chi connectivity index (χ3n) is 7.78. The van der Waals surface area contributed by atoms with Gasteiger partial charge in [0.15, 0.2) is 9.84 Å². The Morgan fingerprint density at radius 1 is 0.841 bits per heavy atom. The molecule has 0 saturated heterocycles. The van der Waals surface area contributed by atoms with E-state index in [1.807, 2.05) is 0 Å². The molecule has 0 radical (unpaired) electrons. The van der Waals surface area contributed by atoms with E-state index in [2.05, 4.69) is 19.4 Å². The molecule has 1 aliphatic rings. The molecule has 1 aliphatic carbocycles. The van der Waals surface area contributed by atoms with Crippen LogP contribution in [0.1, 0.15) is 42.4 Å². The van der Waals surface area contributed by atoms with Gasteiger partial charge >= 0.3 is 12.4 Å². The van der Waals surface area contributed by atoms with Crippen molar-refractivity contribution in [3.8, 4) is 11.4 Å². The van der Waals surface area contributed by atoms with Gasteiger partial charge in [-0.15, -0.1) is 0 Å². The predicted octanol–water partition coefficient (Wildman–Crippen LogP) is 7.79. The summed E-state index contributed by atoms with van der Waals surface area (Å²) in [5, 5.41) is 3.49. The van der Waals surface area contributed by atoms with Crippen LogP contribution >= 0.6 is 0 Å². The second kappa shape index (κ2) is 11.3. The number of benzene rings is 3. The molecule has 6 nitrogen and oxygen atoms in total. The Labute approximate surface area is 245 Å². The van der Waals surface area contributed by atoms with E-state index < -0.39 is 61.9 Å². The topological polar surface area (TPSA) is 82.3 Å². The van der Waals surface area contributed by atoms with Gasteiger partial charge in [0.1, 0.15) is 16.4 Å². The Morgan fingerprint density at radius 3 is 1.98 bits per heavy atom. The fraction of sp³-hybridized carbons (Fsp3) is 0.310. The quantitative estimate of drug-likeness (QED) is 0.144. The standard InChI is InChI=1S/C29H22F8N2O4S/c30-22-9-11-23(12-10-22)44(40,41)26(13-1-2-14-26)20-5-7-21(8-6-20)27(28(32,33)34,29(35,36)37)42-16-19-4-3-18(15-24(19)31)25-38-17-43-39-25/h3-12,15,17H,1-2,13-14,16H2. The zero-order valence-corrected chi connectivity index (χ0v) is 23.2. The highest BCUT2D eigenvalue weighted by molar-refractivity contribution is 7.92. The highest BCUT2D eigenvalue weighted by Crippen LogP contribution is 2.54. The van der Waals surface area contributed by atoms with Crippen LogP contribution in [0.3, 0.4) is 0 Å². The van der Waals surface area contributed by atoms with Crippen molar-refractivity contribution < 1.29 is 52.8 Å². The maximum atomic E-state index is 14.7. The van der Waals surface area contributed by atoms with Crippen molar-refractivity contribution >= 4 is 9.84 Å². The monoisotopic (exact) mass is 646 g/mol. The molecule has 5 rings (SSSR count). The minimum absolute atomic E-state index is 0.0237. The van der Waals surface area contributed by atoms with E-state index in [0.29, 0.717) is 25.0 Å². The third-order valence-corrected chi connectivity index (χ3v) is 10.3. The first-order valence-corrected chi connectivity index (χ1v) is 14.5. The van der Waals surface area contributed by atoms with Crippen LogP contribution < -0.4 is 0 Å². The van der Waals surface area contributed by atoms with Gasteiger partial charge in [-0.25, -0.2) is 17.2 Å². The van der Waals surface area contributed by atoms with Gasteiger partial charge in [0, 0.05) is 16.7 Å². The van der Waals surface area contributed by atoms with Crippen molar-refractivity contribution in [2.75, 3.05) is 0 Å². The van der Waals surface area contributed by atoms with Gasteiger partial charge in [0.2, 0.25) is 12.2 Å². The number of sulfone groups is 1. The molecule has 3 aromatic carbocycles. The second-order valence-corrected chi connectivity index (χ2v) is 12.5. The van der Waals surface area contributed by atoms with Crippen molar-refractivity contribution in [1.82, 2.24) is 10.1 Å². The maximum absolute atomic E-state index is 14.7. The number of hydrogen-bond donors (Lipinski definition) is 0. The molecular weight excluding hydrogens is 624 g/mol. The molecule has 15 heteroatoms. The lowest BCUT2D eigenvalue weighted by atomic mass is 9.88. The van der Waals surface area contributed by atoms with Gasteiger partial charge in [-0.2, -0.15) is 31.3 Å². The molecule has 0 unspecified atom stereocenters. The summed E-state index contributed by atoms with van der Waals surface area (Å²) in [6.07, 6.45) is -10.2. The molecule has 1 saturated carbocycles. The van der Waals surface area contributed by atoms with E-state index in [4.69, 9.17) is 0 Å². The van der Waals surface area contributed by atoms with Crippen LogP contribution in [0, 0.1) is 11.6 Å². The van der Waals surface area contributed by atoms with E-state index in [1.165, 1.54) is 6.07 Å². The highest BCUT2D eigenvalue weighted by atomic mass is 32.2. The van der Waals surface area contributed by atoms with Crippen molar-refractivity contribution in [2.45, 2.75) is 59.9 Å². The molecule has 0 bridgehead atoms. The smallest absolute Gasteiger partial charge is 0.349 e. The normalized spacial score (nSPS) is 15.9. The van der Waals surface area contributed by atoms with Crippen LogP contribution in [-0.4, -0.2) is 30.9 Å². The Hall–Kier alpha value is -3.85. The minimum atomic E-state index is -6.07. The lowest BCUT2D eigenvalue weighted by Gasteiger charge is -2.38. The number of hydrogen-bond acceptors (Lipinski definition) is 6. The number of rotatable bonds is 8. The van der Waals surface area contributed by atoms with Gasteiger partial charge < -0.3 is 9.26 Å². The molecule has 0 spiro atoms. The fourth-order valence-electron chi connectivity index (χ4n) is 5.53. The molecule has 0 aliphatic heterocycles. The Kier molecular flexibility index (Phi) is 8.08. The molecule has 44 heavy (non-hydrogen) atoms. The molecule has 0 atom stereocenters. The number of aromatic nitrogens is 2. The number of ether oxygens (including phenoxy) is 1. The first-order valence-electron chi connectivity index (χ1n) is 13.1. The summed E-state index contributed by atoms with van der Waals surface area (Å²) in [7, 11) is -4.25. The molecule has 4 aromatic rings. The molecule has 234 valence electrons. The van der Waals surface area contributed by atoms with E-state index in [0.717, 1.165) is 54.9 Å². The van der Waals surface area contributed by atoms with Crippen molar-refractivity contribution in [3.63, 3.8) is 0 Å². The van der Waals surface area contributed by atoms with Crippen LogP contribution in [0.15, 0.2) is 82.5 Å². The summed E-state index contributed by atoms with van der Waals surface area (Å²) in [6, 6.07) is 9.76. The molecule has 1 fully saturated rings. The van der Waals surface area contributed by atoms with Crippen LogP contribution in [0.5, 0.6) is 0 Å². The second-order valence-electron chi connectivity index (χ2n) is 10.3. The summed E-state index contributed by atoms with van der Waals surface area (Å²) in [5.74, 6) is -1.92. The van der Waals surface area contributed by atoms with Gasteiger partial charge in [-0.3, -0.25) is 0 Å².